The standard InChI is InChI=1S/C26H19FN2O5/c1-2-26(19-11-7-4-8-12-19)23(32)28(21(30)17-9-5-3-6-10-17)25(34)29(24(26)33)22(31)18-13-15-20(27)16-14-18/h3-16H,2H2,1H3/t26-/m0/s1. The third kappa shape index (κ3) is 3.49. The highest BCUT2D eigenvalue weighted by atomic mass is 19.1. The van der Waals surface area contributed by atoms with Crippen LogP contribution in [-0.2, 0) is 15.0 Å². The van der Waals surface area contributed by atoms with Gasteiger partial charge in [0.1, 0.15) is 5.82 Å². The monoisotopic (exact) mass is 458 g/mol. The van der Waals surface area contributed by atoms with E-state index < -0.39 is 40.9 Å². The summed E-state index contributed by atoms with van der Waals surface area (Å²) in [4.78, 5) is 68.1. The van der Waals surface area contributed by atoms with Crippen LogP contribution in [0.4, 0.5) is 9.18 Å². The summed E-state index contributed by atoms with van der Waals surface area (Å²) in [5.41, 5.74) is -1.87. The number of urea groups is 1. The molecule has 34 heavy (non-hydrogen) atoms. The Hall–Kier alpha value is -4.46. The fourth-order valence-corrected chi connectivity index (χ4v) is 4.01. The van der Waals surface area contributed by atoms with Crippen LogP contribution in [0.2, 0.25) is 0 Å². The van der Waals surface area contributed by atoms with Crippen LogP contribution in [0, 0.1) is 5.82 Å². The molecular formula is C26H19FN2O5. The first-order valence-electron chi connectivity index (χ1n) is 10.5. The van der Waals surface area contributed by atoms with Gasteiger partial charge in [-0.05, 0) is 48.4 Å². The zero-order valence-corrected chi connectivity index (χ0v) is 18.1. The lowest BCUT2D eigenvalue weighted by molar-refractivity contribution is -0.148. The highest BCUT2D eigenvalue weighted by Crippen LogP contribution is 2.38. The number of hydrogen-bond donors (Lipinski definition) is 0. The zero-order chi connectivity index (χ0) is 24.5. The summed E-state index contributed by atoms with van der Waals surface area (Å²) in [5.74, 6) is -4.75. The first kappa shape index (κ1) is 22.7. The van der Waals surface area contributed by atoms with Crippen molar-refractivity contribution in [3.8, 4) is 0 Å². The molecule has 0 aromatic heterocycles. The molecule has 1 fully saturated rings. The van der Waals surface area contributed by atoms with Crippen molar-refractivity contribution in [3.63, 3.8) is 0 Å². The minimum Gasteiger partial charge on any atom is -0.272 e. The fraction of sp³-hybridized carbons (Fsp3) is 0.115. The van der Waals surface area contributed by atoms with Gasteiger partial charge in [-0.15, -0.1) is 0 Å². The van der Waals surface area contributed by atoms with Gasteiger partial charge < -0.3 is 0 Å². The van der Waals surface area contributed by atoms with E-state index in [1.165, 1.54) is 24.3 Å². The lowest BCUT2D eigenvalue weighted by Crippen LogP contribution is -2.69. The Kier molecular flexibility index (Phi) is 5.89. The van der Waals surface area contributed by atoms with Gasteiger partial charge in [-0.25, -0.2) is 9.18 Å². The summed E-state index contributed by atoms with van der Waals surface area (Å²) >= 11 is 0. The van der Waals surface area contributed by atoms with Crippen LogP contribution in [0.15, 0.2) is 84.9 Å². The van der Waals surface area contributed by atoms with Gasteiger partial charge in [-0.1, -0.05) is 55.5 Å². The average molecular weight is 458 g/mol. The molecule has 0 radical (unpaired) electrons. The van der Waals surface area contributed by atoms with Gasteiger partial charge in [-0.3, -0.25) is 19.2 Å². The molecule has 0 N–H and O–H groups in total. The van der Waals surface area contributed by atoms with Crippen molar-refractivity contribution in [3.05, 3.63) is 107 Å². The maximum Gasteiger partial charge on any atom is 0.347 e. The fourth-order valence-electron chi connectivity index (χ4n) is 4.01. The summed E-state index contributed by atoms with van der Waals surface area (Å²) < 4.78 is 13.4. The molecule has 8 heteroatoms. The number of nitrogens with zero attached hydrogens (tertiary/aromatic N) is 2. The van der Waals surface area contributed by atoms with Crippen molar-refractivity contribution >= 4 is 29.7 Å². The van der Waals surface area contributed by atoms with E-state index in [0.717, 1.165) is 24.3 Å². The number of imide groups is 6. The average Bonchev–Trinajstić information content (AvgIpc) is 2.86. The second kappa shape index (κ2) is 8.82. The normalized spacial score (nSPS) is 18.2. The molecule has 1 saturated heterocycles. The van der Waals surface area contributed by atoms with E-state index in [4.69, 9.17) is 0 Å². The van der Waals surface area contributed by atoms with Crippen molar-refractivity contribution in [2.45, 2.75) is 18.8 Å². The van der Waals surface area contributed by atoms with Crippen molar-refractivity contribution in [2.75, 3.05) is 0 Å². The minimum absolute atomic E-state index is 0.0331. The number of carbonyl (C=O) groups excluding carboxylic acids is 5. The maximum absolute atomic E-state index is 13.7. The smallest absolute Gasteiger partial charge is 0.272 e. The SMILES string of the molecule is CC[C@]1(c2ccccc2)C(=O)N(C(=O)c2ccccc2)C(=O)N(C(=O)c2ccc(F)cc2)C1=O. The highest BCUT2D eigenvalue weighted by Gasteiger charge is 2.60. The molecule has 0 aliphatic carbocycles. The molecule has 4 rings (SSSR count). The van der Waals surface area contributed by atoms with Crippen LogP contribution in [0.25, 0.3) is 0 Å². The number of rotatable bonds is 4. The lowest BCUT2D eigenvalue weighted by Gasteiger charge is -2.42. The summed E-state index contributed by atoms with van der Waals surface area (Å²) in [5, 5.41) is 0. The molecule has 1 heterocycles. The Bertz CT molecular complexity index is 1290. The number of benzene rings is 3. The Balaban J connectivity index is 1.91. The van der Waals surface area contributed by atoms with Gasteiger partial charge in [0.15, 0.2) is 5.41 Å². The quantitative estimate of drug-likeness (QED) is 0.436. The Morgan fingerprint density at radius 3 is 1.62 bits per heavy atom. The Morgan fingerprint density at radius 2 is 1.15 bits per heavy atom. The van der Waals surface area contributed by atoms with Crippen LogP contribution < -0.4 is 0 Å². The van der Waals surface area contributed by atoms with Crippen LogP contribution in [0.3, 0.4) is 0 Å². The number of amides is 6. The van der Waals surface area contributed by atoms with E-state index in [2.05, 4.69) is 0 Å². The third-order valence-corrected chi connectivity index (χ3v) is 5.83. The van der Waals surface area contributed by atoms with Gasteiger partial charge in [0.05, 0.1) is 0 Å². The largest absolute Gasteiger partial charge is 0.347 e. The van der Waals surface area contributed by atoms with E-state index in [1.807, 2.05) is 0 Å². The van der Waals surface area contributed by atoms with Crippen LogP contribution in [0.5, 0.6) is 0 Å². The van der Waals surface area contributed by atoms with Gasteiger partial charge in [0.2, 0.25) is 0 Å². The highest BCUT2D eigenvalue weighted by molar-refractivity contribution is 6.35. The van der Waals surface area contributed by atoms with E-state index in [1.54, 1.807) is 43.3 Å². The maximum atomic E-state index is 13.7. The molecule has 0 bridgehead atoms. The van der Waals surface area contributed by atoms with Gasteiger partial charge in [0, 0.05) is 11.1 Å². The topological polar surface area (TPSA) is 91.8 Å². The zero-order valence-electron chi connectivity index (χ0n) is 18.1. The van der Waals surface area contributed by atoms with Crippen molar-refractivity contribution in [1.82, 2.24) is 9.80 Å². The predicted molar refractivity (Wildman–Crippen MR) is 119 cm³/mol. The number of barbiturate groups is 1. The Labute approximate surface area is 194 Å². The summed E-state index contributed by atoms with van der Waals surface area (Å²) in [7, 11) is 0. The molecule has 1 aliphatic heterocycles. The van der Waals surface area contributed by atoms with E-state index in [-0.39, 0.29) is 23.1 Å². The minimum atomic E-state index is -1.99. The van der Waals surface area contributed by atoms with Crippen LogP contribution in [-0.4, -0.2) is 39.5 Å². The number of halogens is 1. The van der Waals surface area contributed by atoms with Gasteiger partial charge in [0.25, 0.3) is 23.6 Å². The molecule has 7 nitrogen and oxygen atoms in total. The molecular weight excluding hydrogens is 439 g/mol. The molecule has 1 atom stereocenters. The molecule has 0 unspecified atom stereocenters. The van der Waals surface area contributed by atoms with E-state index in [0.29, 0.717) is 9.80 Å². The molecule has 170 valence electrons. The van der Waals surface area contributed by atoms with Gasteiger partial charge >= 0.3 is 6.03 Å². The van der Waals surface area contributed by atoms with Crippen molar-refractivity contribution in [1.29, 1.82) is 0 Å². The molecule has 6 amide bonds. The lowest BCUT2D eigenvalue weighted by atomic mass is 9.74. The second-order valence-corrected chi connectivity index (χ2v) is 7.67. The predicted octanol–water partition coefficient (Wildman–Crippen LogP) is 3.95. The molecule has 3 aromatic rings. The number of hydrogen-bond acceptors (Lipinski definition) is 5. The number of carbonyl (C=O) groups is 5. The van der Waals surface area contributed by atoms with Crippen LogP contribution in [0.1, 0.15) is 39.6 Å². The van der Waals surface area contributed by atoms with Crippen molar-refractivity contribution in [2.24, 2.45) is 0 Å². The van der Waals surface area contributed by atoms with Gasteiger partial charge in [-0.2, -0.15) is 9.80 Å². The van der Waals surface area contributed by atoms with E-state index in [9.17, 15) is 28.4 Å². The molecule has 3 aromatic carbocycles. The summed E-state index contributed by atoms with van der Waals surface area (Å²) in [6, 6.07) is 18.5. The van der Waals surface area contributed by atoms with Crippen molar-refractivity contribution < 1.29 is 28.4 Å². The second-order valence-electron chi connectivity index (χ2n) is 7.67. The molecule has 1 aliphatic rings. The summed E-state index contributed by atoms with van der Waals surface area (Å²) in [6.07, 6.45) is -0.117. The van der Waals surface area contributed by atoms with E-state index >= 15 is 0 Å². The molecule has 0 spiro atoms. The summed E-state index contributed by atoms with van der Waals surface area (Å²) in [6.45, 7) is 1.56. The Morgan fingerprint density at radius 1 is 0.706 bits per heavy atom. The molecule has 0 saturated carbocycles. The third-order valence-electron chi connectivity index (χ3n) is 5.83. The first-order valence-corrected chi connectivity index (χ1v) is 10.5. The van der Waals surface area contributed by atoms with Crippen LogP contribution >= 0.6 is 0 Å². The first-order chi connectivity index (χ1) is 16.3.